The Labute approximate surface area is 93.3 Å². The summed E-state index contributed by atoms with van der Waals surface area (Å²) >= 11 is 0. The monoisotopic (exact) mass is 226 g/mol. The Kier molecular flexibility index (Phi) is 3.84. The first-order chi connectivity index (χ1) is 7.41. The maximum absolute atomic E-state index is 13.3. The SMILES string of the molecule is Cc1c(N)cc(C(=O)NC[C@H](C)O)cc1F. The largest absolute Gasteiger partial charge is 0.398 e. The highest BCUT2D eigenvalue weighted by atomic mass is 19.1. The molecule has 0 radical (unpaired) electrons. The molecule has 0 fully saturated rings. The lowest BCUT2D eigenvalue weighted by Gasteiger charge is -2.09. The van der Waals surface area contributed by atoms with E-state index in [4.69, 9.17) is 10.8 Å². The zero-order valence-electron chi connectivity index (χ0n) is 9.25. The molecule has 0 aromatic heterocycles. The molecule has 5 heteroatoms. The predicted molar refractivity (Wildman–Crippen MR) is 59.6 cm³/mol. The number of amides is 1. The number of hydrogen-bond donors (Lipinski definition) is 3. The van der Waals surface area contributed by atoms with Crippen molar-refractivity contribution in [2.45, 2.75) is 20.0 Å². The summed E-state index contributed by atoms with van der Waals surface area (Å²) in [5.41, 5.74) is 6.26. The average Bonchev–Trinajstić information content (AvgIpc) is 2.21. The number of nitrogens with two attached hydrogens (primary N) is 1. The summed E-state index contributed by atoms with van der Waals surface area (Å²) in [6.45, 7) is 3.21. The van der Waals surface area contributed by atoms with Crippen molar-refractivity contribution in [3.05, 3.63) is 29.1 Å². The van der Waals surface area contributed by atoms with Crippen molar-refractivity contribution in [2.75, 3.05) is 12.3 Å². The van der Waals surface area contributed by atoms with E-state index in [0.717, 1.165) is 6.07 Å². The number of hydrogen-bond acceptors (Lipinski definition) is 3. The van der Waals surface area contributed by atoms with Crippen LogP contribution in [0, 0.1) is 12.7 Å². The lowest BCUT2D eigenvalue weighted by molar-refractivity contribution is 0.0923. The van der Waals surface area contributed by atoms with Gasteiger partial charge in [0.05, 0.1) is 6.10 Å². The van der Waals surface area contributed by atoms with Gasteiger partial charge in [0, 0.05) is 23.4 Å². The lowest BCUT2D eigenvalue weighted by Crippen LogP contribution is -2.30. The Balaban J connectivity index is 2.84. The molecule has 16 heavy (non-hydrogen) atoms. The van der Waals surface area contributed by atoms with Crippen LogP contribution < -0.4 is 11.1 Å². The molecule has 0 saturated carbocycles. The van der Waals surface area contributed by atoms with Crippen molar-refractivity contribution < 1.29 is 14.3 Å². The van der Waals surface area contributed by atoms with Crippen LogP contribution in [0.15, 0.2) is 12.1 Å². The van der Waals surface area contributed by atoms with E-state index in [9.17, 15) is 9.18 Å². The van der Waals surface area contributed by atoms with Gasteiger partial charge >= 0.3 is 0 Å². The first kappa shape index (κ1) is 12.4. The number of benzene rings is 1. The summed E-state index contributed by atoms with van der Waals surface area (Å²) in [5, 5.41) is 11.4. The van der Waals surface area contributed by atoms with Gasteiger partial charge in [0.15, 0.2) is 0 Å². The third-order valence-corrected chi connectivity index (χ3v) is 2.20. The highest BCUT2D eigenvalue weighted by Gasteiger charge is 2.11. The molecule has 0 spiro atoms. The van der Waals surface area contributed by atoms with E-state index in [-0.39, 0.29) is 17.8 Å². The third-order valence-electron chi connectivity index (χ3n) is 2.20. The van der Waals surface area contributed by atoms with Crippen molar-refractivity contribution in [3.8, 4) is 0 Å². The van der Waals surface area contributed by atoms with Crippen molar-refractivity contribution in [1.29, 1.82) is 0 Å². The molecular formula is C11H15FN2O2. The summed E-state index contributed by atoms with van der Waals surface area (Å²) in [6.07, 6.45) is -0.642. The van der Waals surface area contributed by atoms with Crippen LogP contribution in [-0.2, 0) is 0 Å². The first-order valence-corrected chi connectivity index (χ1v) is 4.93. The summed E-state index contributed by atoms with van der Waals surface area (Å²) in [4.78, 5) is 11.5. The highest BCUT2D eigenvalue weighted by Crippen LogP contribution is 2.17. The standard InChI is InChI=1S/C11H15FN2O2/c1-6(15)5-14-11(16)8-3-9(12)7(2)10(13)4-8/h3-4,6,15H,5,13H2,1-2H3,(H,14,16)/t6-/m0/s1. The Bertz CT molecular complexity index is 382. The molecule has 88 valence electrons. The number of carbonyl (C=O) groups is 1. The van der Waals surface area contributed by atoms with E-state index in [1.54, 1.807) is 13.8 Å². The quantitative estimate of drug-likeness (QED) is 0.668. The topological polar surface area (TPSA) is 75.4 Å². The molecule has 1 atom stereocenters. The van der Waals surface area contributed by atoms with E-state index in [0.29, 0.717) is 5.56 Å². The molecule has 0 unspecified atom stereocenters. The van der Waals surface area contributed by atoms with Crippen LogP contribution in [-0.4, -0.2) is 23.7 Å². The minimum Gasteiger partial charge on any atom is -0.398 e. The molecular weight excluding hydrogens is 211 g/mol. The van der Waals surface area contributed by atoms with Crippen molar-refractivity contribution in [3.63, 3.8) is 0 Å². The van der Waals surface area contributed by atoms with E-state index in [2.05, 4.69) is 5.32 Å². The van der Waals surface area contributed by atoms with Gasteiger partial charge in [-0.2, -0.15) is 0 Å². The predicted octanol–water partition coefficient (Wildman–Crippen LogP) is 0.827. The maximum atomic E-state index is 13.3. The van der Waals surface area contributed by atoms with Crippen LogP contribution in [0.4, 0.5) is 10.1 Å². The molecule has 0 aliphatic heterocycles. The molecule has 0 bridgehead atoms. The van der Waals surface area contributed by atoms with Crippen LogP contribution in [0.25, 0.3) is 0 Å². The summed E-state index contributed by atoms with van der Waals surface area (Å²) < 4.78 is 13.3. The lowest BCUT2D eigenvalue weighted by atomic mass is 10.1. The molecule has 1 rings (SSSR count). The Morgan fingerprint density at radius 3 is 2.75 bits per heavy atom. The molecule has 0 heterocycles. The number of anilines is 1. The van der Waals surface area contributed by atoms with Crippen molar-refractivity contribution in [2.24, 2.45) is 0 Å². The summed E-state index contributed by atoms with van der Waals surface area (Å²) in [7, 11) is 0. The van der Waals surface area contributed by atoms with Gasteiger partial charge in [-0.15, -0.1) is 0 Å². The van der Waals surface area contributed by atoms with Crippen molar-refractivity contribution in [1.82, 2.24) is 5.32 Å². The highest BCUT2D eigenvalue weighted by molar-refractivity contribution is 5.95. The average molecular weight is 226 g/mol. The number of nitrogens with one attached hydrogen (secondary N) is 1. The zero-order valence-corrected chi connectivity index (χ0v) is 9.25. The minimum absolute atomic E-state index is 0.119. The van der Waals surface area contributed by atoms with Gasteiger partial charge in [0.2, 0.25) is 0 Å². The van der Waals surface area contributed by atoms with Crippen LogP contribution in [0.3, 0.4) is 0 Å². The minimum atomic E-state index is -0.642. The second-order valence-corrected chi connectivity index (χ2v) is 3.73. The van der Waals surface area contributed by atoms with Gasteiger partial charge < -0.3 is 16.2 Å². The van der Waals surface area contributed by atoms with Crippen LogP contribution in [0.5, 0.6) is 0 Å². The molecule has 1 aromatic carbocycles. The fourth-order valence-corrected chi connectivity index (χ4v) is 1.17. The van der Waals surface area contributed by atoms with Gasteiger partial charge in [-0.1, -0.05) is 0 Å². The van der Waals surface area contributed by atoms with Gasteiger partial charge in [0.25, 0.3) is 5.91 Å². The van der Waals surface area contributed by atoms with Gasteiger partial charge in [0.1, 0.15) is 5.82 Å². The number of carbonyl (C=O) groups excluding carboxylic acids is 1. The zero-order chi connectivity index (χ0) is 12.3. The first-order valence-electron chi connectivity index (χ1n) is 4.93. The Morgan fingerprint density at radius 1 is 1.62 bits per heavy atom. The van der Waals surface area contributed by atoms with E-state index in [1.807, 2.05) is 0 Å². The number of halogens is 1. The number of nitrogen functional groups attached to an aromatic ring is 1. The van der Waals surface area contributed by atoms with E-state index >= 15 is 0 Å². The van der Waals surface area contributed by atoms with Gasteiger partial charge in [-0.3, -0.25) is 4.79 Å². The van der Waals surface area contributed by atoms with E-state index in [1.165, 1.54) is 6.07 Å². The molecule has 0 aliphatic rings. The van der Waals surface area contributed by atoms with Crippen LogP contribution >= 0.6 is 0 Å². The number of aliphatic hydroxyl groups excluding tert-OH is 1. The molecule has 0 aliphatic carbocycles. The molecule has 1 amide bonds. The van der Waals surface area contributed by atoms with Gasteiger partial charge in [-0.05, 0) is 26.0 Å². The fraction of sp³-hybridized carbons (Fsp3) is 0.364. The molecule has 1 aromatic rings. The molecule has 0 saturated heterocycles. The summed E-state index contributed by atoms with van der Waals surface area (Å²) in [5.74, 6) is -0.964. The Hall–Kier alpha value is -1.62. The van der Waals surface area contributed by atoms with Crippen LogP contribution in [0.2, 0.25) is 0 Å². The molecule has 4 N–H and O–H groups in total. The fourth-order valence-electron chi connectivity index (χ4n) is 1.17. The molecule has 4 nitrogen and oxygen atoms in total. The number of rotatable bonds is 3. The second kappa shape index (κ2) is 4.94. The van der Waals surface area contributed by atoms with E-state index < -0.39 is 17.8 Å². The smallest absolute Gasteiger partial charge is 0.251 e. The maximum Gasteiger partial charge on any atom is 0.251 e. The normalized spacial score (nSPS) is 12.2. The van der Waals surface area contributed by atoms with Gasteiger partial charge in [-0.25, -0.2) is 4.39 Å². The second-order valence-electron chi connectivity index (χ2n) is 3.73. The number of aliphatic hydroxyl groups is 1. The summed E-state index contributed by atoms with van der Waals surface area (Å²) in [6, 6.07) is 2.54. The Morgan fingerprint density at radius 2 is 2.25 bits per heavy atom. The van der Waals surface area contributed by atoms with Crippen molar-refractivity contribution >= 4 is 11.6 Å². The van der Waals surface area contributed by atoms with Crippen LogP contribution in [0.1, 0.15) is 22.8 Å². The third kappa shape index (κ3) is 2.93.